The van der Waals surface area contributed by atoms with Crippen LogP contribution in [0.4, 0.5) is 0 Å². The Bertz CT molecular complexity index is 843. The number of halogens is 1. The van der Waals surface area contributed by atoms with Crippen LogP contribution in [0.3, 0.4) is 0 Å². The monoisotopic (exact) mass is 428 g/mol. The van der Waals surface area contributed by atoms with Crippen molar-refractivity contribution in [2.75, 3.05) is 0 Å². The molecule has 0 aliphatic rings. The van der Waals surface area contributed by atoms with Crippen molar-refractivity contribution in [3.63, 3.8) is 0 Å². The van der Waals surface area contributed by atoms with Gasteiger partial charge in [0.15, 0.2) is 4.67 Å². The van der Waals surface area contributed by atoms with Crippen molar-refractivity contribution in [2.45, 2.75) is 25.8 Å². The zero-order valence-corrected chi connectivity index (χ0v) is 17.6. The number of furan rings is 1. The second-order valence-electron chi connectivity index (χ2n) is 7.16. The molecule has 5 heteroatoms. The third kappa shape index (κ3) is 3.41. The maximum absolute atomic E-state index is 13.0. The summed E-state index contributed by atoms with van der Waals surface area (Å²) in [4.78, 5) is 13.0. The van der Waals surface area contributed by atoms with Crippen LogP contribution in [0.15, 0.2) is 81.9 Å². The molecule has 0 saturated carbocycles. The Labute approximate surface area is 163 Å². The van der Waals surface area contributed by atoms with E-state index in [9.17, 15) is 4.79 Å². The minimum absolute atomic E-state index is 0.199. The van der Waals surface area contributed by atoms with Gasteiger partial charge in [0, 0.05) is 0 Å². The molecule has 0 aliphatic carbocycles. The van der Waals surface area contributed by atoms with Crippen molar-refractivity contribution in [2.24, 2.45) is 0 Å². The molecule has 26 heavy (non-hydrogen) atoms. The minimum atomic E-state index is -2.91. The van der Waals surface area contributed by atoms with E-state index in [4.69, 9.17) is 8.84 Å². The van der Waals surface area contributed by atoms with Gasteiger partial charge in [-0.05, 0) is 43.5 Å². The normalized spacial score (nSPS) is 12.0. The number of hydrogen-bond donors (Lipinski definition) is 0. The van der Waals surface area contributed by atoms with Crippen LogP contribution in [0.2, 0.25) is 5.04 Å². The summed E-state index contributed by atoms with van der Waals surface area (Å²) >= 11 is 3.25. The van der Waals surface area contributed by atoms with Crippen LogP contribution in [0.25, 0.3) is 0 Å². The van der Waals surface area contributed by atoms with Crippen molar-refractivity contribution in [1.82, 2.24) is 0 Å². The molecule has 1 heterocycles. The summed E-state index contributed by atoms with van der Waals surface area (Å²) < 4.78 is 12.3. The first kappa shape index (κ1) is 18.7. The van der Waals surface area contributed by atoms with Crippen molar-refractivity contribution in [3.05, 3.63) is 83.2 Å². The van der Waals surface area contributed by atoms with E-state index in [0.29, 0.717) is 4.67 Å². The van der Waals surface area contributed by atoms with E-state index in [2.05, 4.69) is 61.0 Å². The Balaban J connectivity index is 2.19. The van der Waals surface area contributed by atoms with Gasteiger partial charge in [0.25, 0.3) is 0 Å². The van der Waals surface area contributed by atoms with Gasteiger partial charge in [-0.3, -0.25) is 0 Å². The fraction of sp³-hybridized carbons (Fsp3) is 0.190. The molecule has 0 bridgehead atoms. The lowest BCUT2D eigenvalue weighted by Crippen LogP contribution is -2.67. The molecule has 0 saturated heterocycles. The Hall–Kier alpha value is -2.11. The Morgan fingerprint density at radius 2 is 1.38 bits per heavy atom. The van der Waals surface area contributed by atoms with E-state index in [1.54, 1.807) is 12.1 Å². The standard InChI is InChI=1S/C21H21BrO3Si/c1-21(2,3)26(16-10-6-4-7-11-16,17-12-8-5-9-13-17)25-20(23)18-14-15-19(22)24-18/h4-15H,1-3H3. The molecule has 1 aromatic heterocycles. The van der Waals surface area contributed by atoms with Gasteiger partial charge >= 0.3 is 14.3 Å². The average molecular weight is 429 g/mol. The number of carbonyl (C=O) groups excluding carboxylic acids is 1. The van der Waals surface area contributed by atoms with Crippen LogP contribution in [0, 0.1) is 0 Å². The highest BCUT2D eigenvalue weighted by Crippen LogP contribution is 2.37. The Kier molecular flexibility index (Phi) is 5.21. The van der Waals surface area contributed by atoms with Gasteiger partial charge in [0.05, 0.1) is 0 Å². The zero-order valence-electron chi connectivity index (χ0n) is 15.0. The molecule has 3 aromatic rings. The molecule has 0 fully saturated rings. The second kappa shape index (κ2) is 7.25. The molecule has 3 rings (SSSR count). The van der Waals surface area contributed by atoms with Gasteiger partial charge in [-0.2, -0.15) is 0 Å². The summed E-state index contributed by atoms with van der Waals surface area (Å²) in [6.07, 6.45) is 0. The van der Waals surface area contributed by atoms with Crippen LogP contribution in [-0.2, 0) is 4.43 Å². The first-order valence-electron chi connectivity index (χ1n) is 8.44. The molecule has 2 aromatic carbocycles. The molecule has 134 valence electrons. The van der Waals surface area contributed by atoms with Crippen LogP contribution in [0.5, 0.6) is 0 Å². The van der Waals surface area contributed by atoms with E-state index >= 15 is 0 Å². The third-order valence-electron chi connectivity index (χ3n) is 4.44. The SMILES string of the molecule is CC(C)(C)[Si](OC(=O)c1ccc(Br)o1)(c1ccccc1)c1ccccc1. The summed E-state index contributed by atoms with van der Waals surface area (Å²) in [5, 5.41) is 1.84. The Morgan fingerprint density at radius 3 is 1.77 bits per heavy atom. The molecular weight excluding hydrogens is 408 g/mol. The maximum atomic E-state index is 13.0. The van der Waals surface area contributed by atoms with E-state index in [1.165, 1.54) is 0 Å². The van der Waals surface area contributed by atoms with Gasteiger partial charge in [0.1, 0.15) is 0 Å². The molecule has 0 spiro atoms. The van der Waals surface area contributed by atoms with Crippen molar-refractivity contribution < 1.29 is 13.6 Å². The van der Waals surface area contributed by atoms with Gasteiger partial charge in [-0.15, -0.1) is 0 Å². The van der Waals surface area contributed by atoms with Crippen LogP contribution in [-0.4, -0.2) is 14.3 Å². The number of carbonyl (C=O) groups is 1. The third-order valence-corrected chi connectivity index (χ3v) is 9.76. The van der Waals surface area contributed by atoms with E-state index in [0.717, 1.165) is 10.4 Å². The lowest BCUT2D eigenvalue weighted by atomic mass is 10.2. The average Bonchev–Trinajstić information content (AvgIpc) is 3.06. The zero-order chi connectivity index (χ0) is 18.8. The van der Waals surface area contributed by atoms with Gasteiger partial charge in [-0.25, -0.2) is 4.79 Å². The number of benzene rings is 2. The summed E-state index contributed by atoms with van der Waals surface area (Å²) in [5.74, 6) is -0.241. The summed E-state index contributed by atoms with van der Waals surface area (Å²) in [6, 6.07) is 23.4. The van der Waals surface area contributed by atoms with Crippen LogP contribution in [0.1, 0.15) is 31.3 Å². The quantitative estimate of drug-likeness (QED) is 0.562. The lowest BCUT2D eigenvalue weighted by Gasteiger charge is -2.41. The van der Waals surface area contributed by atoms with E-state index in [1.807, 2.05) is 36.4 Å². The van der Waals surface area contributed by atoms with Crippen LogP contribution >= 0.6 is 15.9 Å². The maximum Gasteiger partial charge on any atom is 0.361 e. The summed E-state index contributed by atoms with van der Waals surface area (Å²) in [5.41, 5.74) is 0. The smallest absolute Gasteiger partial charge is 0.361 e. The minimum Gasteiger partial charge on any atom is -0.504 e. The molecule has 0 atom stereocenters. The van der Waals surface area contributed by atoms with Crippen molar-refractivity contribution >= 4 is 40.6 Å². The molecule has 0 aliphatic heterocycles. The van der Waals surface area contributed by atoms with Crippen molar-refractivity contribution in [1.29, 1.82) is 0 Å². The second-order valence-corrected chi connectivity index (χ2v) is 12.2. The van der Waals surface area contributed by atoms with Gasteiger partial charge < -0.3 is 8.84 Å². The molecule has 3 nitrogen and oxygen atoms in total. The van der Waals surface area contributed by atoms with Gasteiger partial charge in [-0.1, -0.05) is 81.4 Å². The van der Waals surface area contributed by atoms with Crippen molar-refractivity contribution in [3.8, 4) is 0 Å². The largest absolute Gasteiger partial charge is 0.504 e. The lowest BCUT2D eigenvalue weighted by molar-refractivity contribution is 0.0684. The highest BCUT2D eigenvalue weighted by atomic mass is 79.9. The molecular formula is C21H21BrO3Si. The summed E-state index contributed by atoms with van der Waals surface area (Å²) in [6.45, 7) is 6.39. The topological polar surface area (TPSA) is 39.4 Å². The predicted octanol–water partition coefficient (Wildman–Crippen LogP) is 4.76. The van der Waals surface area contributed by atoms with Gasteiger partial charge in [0.2, 0.25) is 5.76 Å². The molecule has 0 unspecified atom stereocenters. The van der Waals surface area contributed by atoms with E-state index in [-0.39, 0.29) is 10.8 Å². The predicted molar refractivity (Wildman–Crippen MR) is 109 cm³/mol. The highest BCUT2D eigenvalue weighted by Gasteiger charge is 2.53. The van der Waals surface area contributed by atoms with Crippen LogP contribution < -0.4 is 10.4 Å². The molecule has 0 amide bonds. The fourth-order valence-electron chi connectivity index (χ4n) is 3.26. The van der Waals surface area contributed by atoms with E-state index < -0.39 is 14.3 Å². The number of rotatable bonds is 4. The Morgan fingerprint density at radius 1 is 0.885 bits per heavy atom. The first-order chi connectivity index (χ1) is 12.3. The first-order valence-corrected chi connectivity index (χ1v) is 11.1. The summed E-state index contributed by atoms with van der Waals surface area (Å²) in [7, 11) is -2.91. The highest BCUT2D eigenvalue weighted by molar-refractivity contribution is 9.10. The fourth-order valence-corrected chi connectivity index (χ4v) is 7.88. The number of hydrogen-bond acceptors (Lipinski definition) is 3. The molecule has 0 radical (unpaired) electrons. The molecule has 0 N–H and O–H groups in total.